The minimum atomic E-state index is 0.445. The molecule has 0 atom stereocenters. The highest BCUT2D eigenvalue weighted by atomic mass is 79.9. The van der Waals surface area contributed by atoms with Crippen molar-refractivity contribution in [3.8, 4) is 5.75 Å². The first kappa shape index (κ1) is 12.2. The van der Waals surface area contributed by atoms with Gasteiger partial charge < -0.3 is 4.74 Å². The van der Waals surface area contributed by atoms with Gasteiger partial charge in [-0.3, -0.25) is 4.40 Å². The summed E-state index contributed by atoms with van der Waals surface area (Å²) in [5.74, 6) is 1.73. The van der Waals surface area contributed by atoms with Crippen LogP contribution in [0, 0.1) is 6.92 Å². The van der Waals surface area contributed by atoms with Crippen molar-refractivity contribution in [1.82, 2.24) is 9.38 Å². The zero-order chi connectivity index (χ0) is 13.2. The molecule has 0 radical (unpaired) electrons. The maximum absolute atomic E-state index is 5.75. The molecule has 0 spiro atoms. The van der Waals surface area contributed by atoms with Crippen molar-refractivity contribution in [2.45, 2.75) is 13.5 Å². The average Bonchev–Trinajstić information content (AvgIpc) is 2.74. The zero-order valence-corrected chi connectivity index (χ0v) is 12.1. The summed E-state index contributed by atoms with van der Waals surface area (Å²) in [5.41, 5.74) is 2.25. The highest BCUT2D eigenvalue weighted by Crippen LogP contribution is 2.21. The number of para-hydroxylation sites is 1. The molecule has 3 rings (SSSR count). The van der Waals surface area contributed by atoms with E-state index in [4.69, 9.17) is 4.74 Å². The number of aromatic nitrogens is 2. The second kappa shape index (κ2) is 5.05. The van der Waals surface area contributed by atoms with Crippen LogP contribution in [0.4, 0.5) is 0 Å². The van der Waals surface area contributed by atoms with E-state index in [1.807, 2.05) is 30.3 Å². The van der Waals surface area contributed by atoms with E-state index in [1.54, 1.807) is 0 Å². The van der Waals surface area contributed by atoms with Gasteiger partial charge in [0, 0.05) is 6.20 Å². The summed E-state index contributed by atoms with van der Waals surface area (Å²) in [6.45, 7) is 2.51. The summed E-state index contributed by atoms with van der Waals surface area (Å²) in [7, 11) is 0. The molecule has 0 aliphatic heterocycles. The Labute approximate surface area is 120 Å². The largest absolute Gasteiger partial charge is 0.486 e. The van der Waals surface area contributed by atoms with Crippen LogP contribution in [0.15, 0.2) is 53.3 Å². The predicted molar refractivity (Wildman–Crippen MR) is 78.4 cm³/mol. The van der Waals surface area contributed by atoms with Gasteiger partial charge in [-0.05, 0) is 46.6 Å². The molecular weight excluding hydrogens is 304 g/mol. The fraction of sp³-hybridized carbons (Fsp3) is 0.133. The van der Waals surface area contributed by atoms with Crippen molar-refractivity contribution >= 4 is 21.4 Å². The Morgan fingerprint density at radius 2 is 1.95 bits per heavy atom. The minimum Gasteiger partial charge on any atom is -0.486 e. The van der Waals surface area contributed by atoms with Crippen molar-refractivity contribution in [3.63, 3.8) is 0 Å². The molecule has 0 aliphatic carbocycles. The molecule has 0 aliphatic rings. The zero-order valence-electron chi connectivity index (χ0n) is 10.5. The third-order valence-corrected chi connectivity index (χ3v) is 3.51. The van der Waals surface area contributed by atoms with Crippen LogP contribution in [0.3, 0.4) is 0 Å². The van der Waals surface area contributed by atoms with Crippen LogP contribution < -0.4 is 4.74 Å². The third-order valence-electron chi connectivity index (χ3n) is 2.92. The highest BCUT2D eigenvalue weighted by Gasteiger charge is 2.09. The Morgan fingerprint density at radius 3 is 2.74 bits per heavy atom. The fourth-order valence-corrected chi connectivity index (χ4v) is 2.51. The first-order valence-corrected chi connectivity index (χ1v) is 6.84. The first-order valence-electron chi connectivity index (χ1n) is 6.05. The number of halogens is 1. The van der Waals surface area contributed by atoms with E-state index in [0.717, 1.165) is 21.7 Å². The molecule has 0 unspecified atom stereocenters. The molecule has 0 bridgehead atoms. The summed E-state index contributed by atoms with van der Waals surface area (Å²) in [4.78, 5) is 4.50. The van der Waals surface area contributed by atoms with Crippen LogP contribution in [-0.4, -0.2) is 9.38 Å². The van der Waals surface area contributed by atoms with Crippen LogP contribution in [0.25, 0.3) is 5.52 Å². The monoisotopic (exact) mass is 316 g/mol. The van der Waals surface area contributed by atoms with E-state index in [2.05, 4.69) is 50.6 Å². The second-order valence-corrected chi connectivity index (χ2v) is 5.13. The van der Waals surface area contributed by atoms with Gasteiger partial charge in [0.25, 0.3) is 0 Å². The third kappa shape index (κ3) is 2.49. The Balaban J connectivity index is 1.91. The molecule has 2 heterocycles. The SMILES string of the molecule is Cc1ccc2c(Br)nc(COc3ccccc3)n2c1. The smallest absolute Gasteiger partial charge is 0.152 e. The summed E-state index contributed by atoms with van der Waals surface area (Å²) in [6, 6.07) is 13.9. The number of imidazole rings is 1. The number of ether oxygens (including phenoxy) is 1. The standard InChI is InChI=1S/C15H13BrN2O/c1-11-7-8-13-15(16)17-14(18(13)9-11)10-19-12-5-3-2-4-6-12/h2-9H,10H2,1H3. The molecule has 0 fully saturated rings. The lowest BCUT2D eigenvalue weighted by atomic mass is 10.3. The van der Waals surface area contributed by atoms with E-state index in [0.29, 0.717) is 6.61 Å². The average molecular weight is 317 g/mol. The topological polar surface area (TPSA) is 26.5 Å². The molecular formula is C15H13BrN2O. The number of hydrogen-bond donors (Lipinski definition) is 0. The van der Waals surface area contributed by atoms with Crippen LogP contribution in [-0.2, 0) is 6.61 Å². The van der Waals surface area contributed by atoms with Gasteiger partial charge in [0.15, 0.2) is 5.82 Å². The number of nitrogens with zero attached hydrogens (tertiary/aromatic N) is 2. The summed E-state index contributed by atoms with van der Waals surface area (Å²) >= 11 is 3.48. The van der Waals surface area contributed by atoms with Crippen molar-refractivity contribution < 1.29 is 4.74 Å². The Hall–Kier alpha value is -1.81. The molecule has 19 heavy (non-hydrogen) atoms. The van der Waals surface area contributed by atoms with Gasteiger partial charge in [-0.25, -0.2) is 4.98 Å². The summed E-state index contributed by atoms with van der Waals surface area (Å²) in [6.07, 6.45) is 2.07. The van der Waals surface area contributed by atoms with Gasteiger partial charge in [0.1, 0.15) is 17.0 Å². The Kier molecular flexibility index (Phi) is 3.25. The molecule has 2 aromatic heterocycles. The number of hydrogen-bond acceptors (Lipinski definition) is 2. The molecule has 3 aromatic rings. The van der Waals surface area contributed by atoms with Gasteiger partial charge >= 0.3 is 0 Å². The van der Waals surface area contributed by atoms with Crippen LogP contribution in [0.5, 0.6) is 5.75 Å². The molecule has 96 valence electrons. The van der Waals surface area contributed by atoms with Gasteiger partial charge in [-0.1, -0.05) is 24.3 Å². The number of aryl methyl sites for hydroxylation is 1. The molecule has 1 aromatic carbocycles. The minimum absolute atomic E-state index is 0.445. The maximum atomic E-state index is 5.75. The molecule has 4 heteroatoms. The van der Waals surface area contributed by atoms with E-state index in [9.17, 15) is 0 Å². The van der Waals surface area contributed by atoms with Crippen molar-refractivity contribution in [2.24, 2.45) is 0 Å². The van der Waals surface area contributed by atoms with E-state index >= 15 is 0 Å². The molecule has 0 amide bonds. The molecule has 0 saturated carbocycles. The number of pyridine rings is 1. The Bertz CT molecular complexity index is 707. The fourth-order valence-electron chi connectivity index (χ4n) is 1.98. The van der Waals surface area contributed by atoms with E-state index < -0.39 is 0 Å². The highest BCUT2D eigenvalue weighted by molar-refractivity contribution is 9.10. The number of benzene rings is 1. The molecule has 0 N–H and O–H groups in total. The second-order valence-electron chi connectivity index (χ2n) is 4.38. The van der Waals surface area contributed by atoms with Gasteiger partial charge in [0.2, 0.25) is 0 Å². The van der Waals surface area contributed by atoms with Gasteiger partial charge in [0.05, 0.1) is 5.52 Å². The lowest BCUT2D eigenvalue weighted by Gasteiger charge is -2.05. The first-order chi connectivity index (χ1) is 9.24. The Morgan fingerprint density at radius 1 is 1.16 bits per heavy atom. The quantitative estimate of drug-likeness (QED) is 0.730. The number of fused-ring (bicyclic) bond motifs is 1. The number of rotatable bonds is 3. The van der Waals surface area contributed by atoms with Crippen LogP contribution in [0.1, 0.15) is 11.4 Å². The summed E-state index contributed by atoms with van der Waals surface area (Å²) < 4.78 is 8.65. The normalized spacial score (nSPS) is 10.8. The van der Waals surface area contributed by atoms with Crippen molar-refractivity contribution in [1.29, 1.82) is 0 Å². The van der Waals surface area contributed by atoms with Crippen LogP contribution >= 0.6 is 15.9 Å². The predicted octanol–water partition coefficient (Wildman–Crippen LogP) is 3.98. The van der Waals surface area contributed by atoms with Crippen LogP contribution in [0.2, 0.25) is 0 Å². The van der Waals surface area contributed by atoms with Gasteiger partial charge in [-0.2, -0.15) is 0 Å². The van der Waals surface area contributed by atoms with Gasteiger partial charge in [-0.15, -0.1) is 0 Å². The van der Waals surface area contributed by atoms with Crippen molar-refractivity contribution in [3.05, 3.63) is 64.7 Å². The molecule has 3 nitrogen and oxygen atoms in total. The molecule has 0 saturated heterocycles. The summed E-state index contributed by atoms with van der Waals surface area (Å²) in [5, 5.41) is 0. The maximum Gasteiger partial charge on any atom is 0.152 e. The lowest BCUT2D eigenvalue weighted by molar-refractivity contribution is 0.295. The van der Waals surface area contributed by atoms with E-state index in [-0.39, 0.29) is 0 Å². The van der Waals surface area contributed by atoms with Crippen molar-refractivity contribution in [2.75, 3.05) is 0 Å². The lowest BCUT2D eigenvalue weighted by Crippen LogP contribution is -2.01. The van der Waals surface area contributed by atoms with E-state index in [1.165, 1.54) is 5.56 Å².